The molecule has 1 aliphatic carbocycles. The molecule has 1 saturated carbocycles. The van der Waals surface area contributed by atoms with Gasteiger partial charge in [0.05, 0.1) is 0 Å². The Bertz CT molecular complexity index is 543. The van der Waals surface area contributed by atoms with Gasteiger partial charge in [0.2, 0.25) is 0 Å². The largest absolute Gasteiger partial charge is 0.380 e. The number of rotatable bonds is 5. The third-order valence-corrected chi connectivity index (χ3v) is 4.34. The summed E-state index contributed by atoms with van der Waals surface area (Å²) in [5.74, 6) is 0.880. The molecule has 7 heteroatoms. The number of nitrogens with one attached hydrogen (secondary N) is 2. The first-order valence-corrected chi connectivity index (χ1v) is 8.00. The molecule has 3 N–H and O–H groups in total. The molecule has 1 fully saturated rings. The molecule has 0 radical (unpaired) electrons. The van der Waals surface area contributed by atoms with Gasteiger partial charge in [-0.05, 0) is 25.1 Å². The van der Waals surface area contributed by atoms with Gasteiger partial charge in [-0.25, -0.2) is 0 Å². The van der Waals surface area contributed by atoms with Crippen LogP contribution in [0.15, 0.2) is 0 Å². The number of hydrogen-bond acceptors (Lipinski definition) is 4. The fraction of sp³-hybridized carbons (Fsp3) is 0.786. The lowest BCUT2D eigenvalue weighted by atomic mass is 9.84. The molecule has 1 aliphatic rings. The summed E-state index contributed by atoms with van der Waals surface area (Å²) in [6.45, 7) is 5.09. The Balaban J connectivity index is 1.91. The highest BCUT2D eigenvalue weighted by atomic mass is 32.1. The van der Waals surface area contributed by atoms with Crippen LogP contribution in [0.3, 0.4) is 0 Å². The van der Waals surface area contributed by atoms with Gasteiger partial charge in [-0.2, -0.15) is 5.10 Å². The van der Waals surface area contributed by atoms with Crippen molar-refractivity contribution >= 4 is 18.1 Å². The number of nitrogens with zero attached hydrogens (tertiary/aromatic N) is 2. The monoisotopic (exact) mass is 312 g/mol. The minimum Gasteiger partial charge on any atom is -0.380 e. The summed E-state index contributed by atoms with van der Waals surface area (Å²) in [5.41, 5.74) is -1.18. The molecule has 0 bridgehead atoms. The second-order valence-corrected chi connectivity index (χ2v) is 6.43. The first-order chi connectivity index (χ1) is 9.94. The number of amides is 1. The maximum absolute atomic E-state index is 12.1. The van der Waals surface area contributed by atoms with E-state index in [1.807, 2.05) is 18.4 Å². The van der Waals surface area contributed by atoms with Crippen molar-refractivity contribution in [3.63, 3.8) is 0 Å². The second kappa shape index (κ2) is 6.70. The van der Waals surface area contributed by atoms with E-state index in [0.29, 0.717) is 30.7 Å². The maximum atomic E-state index is 12.1. The standard InChI is InChI=1S/C14H24N4O2S/c1-10(2)11-16-17-13(21)18(11)9-8-15-12(19)14(20)6-4-3-5-7-14/h10,20H,3-9H2,1-2H3,(H,15,19)(H,17,21). The molecular formula is C14H24N4O2S. The average Bonchev–Trinajstić information content (AvgIpc) is 2.81. The molecule has 0 atom stereocenters. The van der Waals surface area contributed by atoms with E-state index < -0.39 is 5.60 Å². The molecule has 2 rings (SSSR count). The molecule has 1 aromatic rings. The predicted molar refractivity (Wildman–Crippen MR) is 82.5 cm³/mol. The van der Waals surface area contributed by atoms with Crippen LogP contribution in [-0.2, 0) is 11.3 Å². The van der Waals surface area contributed by atoms with E-state index in [4.69, 9.17) is 12.2 Å². The zero-order valence-corrected chi connectivity index (χ0v) is 13.5. The van der Waals surface area contributed by atoms with Crippen molar-refractivity contribution in [2.24, 2.45) is 0 Å². The zero-order chi connectivity index (χ0) is 15.5. The van der Waals surface area contributed by atoms with Crippen LogP contribution in [-0.4, -0.2) is 37.9 Å². The van der Waals surface area contributed by atoms with E-state index in [1.165, 1.54) is 0 Å². The Kier molecular flexibility index (Phi) is 5.16. The number of aromatic nitrogens is 3. The third kappa shape index (κ3) is 3.71. The summed E-state index contributed by atoms with van der Waals surface area (Å²) in [6, 6.07) is 0. The van der Waals surface area contributed by atoms with Gasteiger partial charge in [-0.1, -0.05) is 33.1 Å². The van der Waals surface area contributed by atoms with Crippen molar-refractivity contribution in [2.75, 3.05) is 6.54 Å². The van der Waals surface area contributed by atoms with Gasteiger partial charge in [-0.3, -0.25) is 9.89 Å². The molecule has 118 valence electrons. The highest BCUT2D eigenvalue weighted by Gasteiger charge is 2.36. The highest BCUT2D eigenvalue weighted by molar-refractivity contribution is 7.71. The first-order valence-electron chi connectivity index (χ1n) is 7.60. The number of carbonyl (C=O) groups excluding carboxylic acids is 1. The van der Waals surface area contributed by atoms with Crippen LogP contribution in [0.25, 0.3) is 0 Å². The van der Waals surface area contributed by atoms with E-state index >= 15 is 0 Å². The number of hydrogen-bond donors (Lipinski definition) is 3. The Hall–Kier alpha value is -1.21. The van der Waals surface area contributed by atoms with E-state index in [1.54, 1.807) is 0 Å². The molecule has 1 amide bonds. The SMILES string of the molecule is CC(C)c1n[nH]c(=S)n1CCNC(=O)C1(O)CCCCC1. The second-order valence-electron chi connectivity index (χ2n) is 6.04. The van der Waals surface area contributed by atoms with Crippen LogP contribution in [0.5, 0.6) is 0 Å². The van der Waals surface area contributed by atoms with Crippen LogP contribution in [0, 0.1) is 4.77 Å². The third-order valence-electron chi connectivity index (χ3n) is 4.03. The summed E-state index contributed by atoms with van der Waals surface area (Å²) < 4.78 is 2.45. The van der Waals surface area contributed by atoms with Crippen LogP contribution >= 0.6 is 12.2 Å². The lowest BCUT2D eigenvalue weighted by molar-refractivity contribution is -0.143. The highest BCUT2D eigenvalue weighted by Crippen LogP contribution is 2.28. The van der Waals surface area contributed by atoms with Crippen LogP contribution in [0.2, 0.25) is 0 Å². The maximum Gasteiger partial charge on any atom is 0.252 e. The van der Waals surface area contributed by atoms with Gasteiger partial charge < -0.3 is 15.0 Å². The molecule has 21 heavy (non-hydrogen) atoms. The zero-order valence-electron chi connectivity index (χ0n) is 12.7. The molecule has 0 unspecified atom stereocenters. The summed E-state index contributed by atoms with van der Waals surface area (Å²) >= 11 is 5.20. The fourth-order valence-corrected chi connectivity index (χ4v) is 3.03. The van der Waals surface area contributed by atoms with Gasteiger partial charge >= 0.3 is 0 Å². The summed E-state index contributed by atoms with van der Waals surface area (Å²) in [4.78, 5) is 12.1. The van der Waals surface area contributed by atoms with E-state index in [9.17, 15) is 9.90 Å². The molecule has 1 aromatic heterocycles. The van der Waals surface area contributed by atoms with E-state index in [2.05, 4.69) is 15.5 Å². The Morgan fingerprint density at radius 3 is 2.76 bits per heavy atom. The topological polar surface area (TPSA) is 82.9 Å². The molecule has 0 aromatic carbocycles. The Morgan fingerprint density at radius 1 is 1.48 bits per heavy atom. The lowest BCUT2D eigenvalue weighted by Gasteiger charge is -2.30. The van der Waals surface area contributed by atoms with Gasteiger partial charge in [0.1, 0.15) is 11.4 Å². The van der Waals surface area contributed by atoms with Crippen molar-refractivity contribution in [1.29, 1.82) is 0 Å². The summed E-state index contributed by atoms with van der Waals surface area (Å²) in [7, 11) is 0. The number of H-pyrrole nitrogens is 1. The van der Waals surface area contributed by atoms with E-state index in [-0.39, 0.29) is 11.8 Å². The van der Waals surface area contributed by atoms with Gasteiger partial charge in [-0.15, -0.1) is 0 Å². The van der Waals surface area contributed by atoms with Crippen LogP contribution in [0.4, 0.5) is 0 Å². The fourth-order valence-electron chi connectivity index (χ4n) is 2.80. The number of carbonyl (C=O) groups is 1. The normalized spacial score (nSPS) is 17.9. The predicted octanol–water partition coefficient (Wildman–Crippen LogP) is 1.88. The smallest absolute Gasteiger partial charge is 0.252 e. The molecular weight excluding hydrogens is 288 g/mol. The number of aliphatic hydroxyl groups is 1. The minimum absolute atomic E-state index is 0.260. The van der Waals surface area contributed by atoms with Gasteiger partial charge in [0.25, 0.3) is 5.91 Å². The van der Waals surface area contributed by atoms with Crippen molar-refractivity contribution in [3.05, 3.63) is 10.6 Å². The summed E-state index contributed by atoms with van der Waals surface area (Å²) in [5, 5.41) is 20.1. The Labute approximate surface area is 129 Å². The first kappa shape index (κ1) is 16.2. The van der Waals surface area contributed by atoms with Crippen molar-refractivity contribution in [2.45, 2.75) is 64.0 Å². The van der Waals surface area contributed by atoms with Crippen molar-refractivity contribution < 1.29 is 9.90 Å². The summed E-state index contributed by atoms with van der Waals surface area (Å²) in [6.07, 6.45) is 4.03. The van der Waals surface area contributed by atoms with Gasteiger partial charge in [0.15, 0.2) is 4.77 Å². The van der Waals surface area contributed by atoms with Crippen molar-refractivity contribution in [3.8, 4) is 0 Å². The van der Waals surface area contributed by atoms with Crippen LogP contribution in [0.1, 0.15) is 57.7 Å². The molecule has 6 nitrogen and oxygen atoms in total. The molecule has 0 spiro atoms. The molecule has 1 heterocycles. The lowest BCUT2D eigenvalue weighted by Crippen LogP contribution is -2.48. The average molecular weight is 312 g/mol. The van der Waals surface area contributed by atoms with E-state index in [0.717, 1.165) is 25.1 Å². The quantitative estimate of drug-likeness (QED) is 0.725. The van der Waals surface area contributed by atoms with Gasteiger partial charge in [0, 0.05) is 19.0 Å². The molecule has 0 aliphatic heterocycles. The number of aromatic amines is 1. The van der Waals surface area contributed by atoms with Crippen LogP contribution < -0.4 is 5.32 Å². The minimum atomic E-state index is -1.18. The Morgan fingerprint density at radius 2 is 2.14 bits per heavy atom. The van der Waals surface area contributed by atoms with Crippen molar-refractivity contribution in [1.82, 2.24) is 20.1 Å². The molecule has 0 saturated heterocycles.